The van der Waals surface area contributed by atoms with Gasteiger partial charge < -0.3 is 9.64 Å². The van der Waals surface area contributed by atoms with Crippen molar-refractivity contribution in [2.24, 2.45) is 0 Å². The second-order valence-corrected chi connectivity index (χ2v) is 6.64. The third kappa shape index (κ3) is 4.29. The first kappa shape index (κ1) is 14.9. The van der Waals surface area contributed by atoms with Gasteiger partial charge in [0, 0.05) is 19.2 Å². The van der Waals surface area contributed by atoms with Gasteiger partial charge in [-0.2, -0.15) is 0 Å². The molecule has 0 radical (unpaired) electrons. The molecular formula is C11H19NO5S. The summed E-state index contributed by atoms with van der Waals surface area (Å²) in [5.74, 6) is -0.878. The Labute approximate surface area is 107 Å². The van der Waals surface area contributed by atoms with Gasteiger partial charge in [-0.05, 0) is 19.8 Å². The van der Waals surface area contributed by atoms with Crippen LogP contribution in [0.25, 0.3) is 0 Å². The smallest absolute Gasteiger partial charge is 0.328 e. The third-order valence-electron chi connectivity index (χ3n) is 2.82. The maximum absolute atomic E-state index is 11.9. The highest BCUT2D eigenvalue weighted by atomic mass is 32.2. The molecule has 7 heteroatoms. The molecule has 0 saturated carbocycles. The Bertz CT molecular complexity index is 417. The zero-order valence-electron chi connectivity index (χ0n) is 10.7. The van der Waals surface area contributed by atoms with Gasteiger partial charge in [0.05, 0.1) is 12.4 Å². The summed E-state index contributed by atoms with van der Waals surface area (Å²) in [4.78, 5) is 24.9. The predicted octanol–water partition coefficient (Wildman–Crippen LogP) is -0.0248. The maximum Gasteiger partial charge on any atom is 0.328 e. The number of likely N-dealkylation sites (tertiary alicyclic amines) is 1. The van der Waals surface area contributed by atoms with E-state index in [1.54, 1.807) is 6.92 Å². The number of sulfone groups is 1. The molecule has 1 heterocycles. The fraction of sp³-hybridized carbons (Fsp3) is 0.818. The summed E-state index contributed by atoms with van der Waals surface area (Å²) in [6.45, 7) is 2.48. The van der Waals surface area contributed by atoms with E-state index in [9.17, 15) is 18.0 Å². The first-order valence-electron chi connectivity index (χ1n) is 5.99. The summed E-state index contributed by atoms with van der Waals surface area (Å²) in [5, 5.41) is 0. The molecule has 104 valence electrons. The van der Waals surface area contributed by atoms with Crippen molar-refractivity contribution in [3.05, 3.63) is 0 Å². The van der Waals surface area contributed by atoms with Crippen molar-refractivity contribution in [1.29, 1.82) is 0 Å². The van der Waals surface area contributed by atoms with Crippen LogP contribution in [0.2, 0.25) is 0 Å². The maximum atomic E-state index is 11.9. The van der Waals surface area contributed by atoms with Crippen LogP contribution in [-0.2, 0) is 24.2 Å². The van der Waals surface area contributed by atoms with Crippen molar-refractivity contribution in [2.75, 3.05) is 25.2 Å². The molecule has 0 spiro atoms. The third-order valence-corrected chi connectivity index (χ3v) is 3.76. The number of hydrogen-bond donors (Lipinski definition) is 0. The van der Waals surface area contributed by atoms with Crippen LogP contribution in [0.3, 0.4) is 0 Å². The van der Waals surface area contributed by atoms with Gasteiger partial charge in [0.1, 0.15) is 15.9 Å². The lowest BCUT2D eigenvalue weighted by Crippen LogP contribution is -2.41. The Kier molecular flexibility index (Phi) is 5.13. The lowest BCUT2D eigenvalue weighted by atomic mass is 10.2. The van der Waals surface area contributed by atoms with E-state index < -0.39 is 21.8 Å². The van der Waals surface area contributed by atoms with Gasteiger partial charge >= 0.3 is 5.97 Å². The van der Waals surface area contributed by atoms with Crippen molar-refractivity contribution < 1.29 is 22.7 Å². The molecule has 1 unspecified atom stereocenters. The highest BCUT2D eigenvalue weighted by molar-refractivity contribution is 7.90. The average Bonchev–Trinajstić information content (AvgIpc) is 2.74. The van der Waals surface area contributed by atoms with E-state index in [0.717, 1.165) is 12.7 Å². The molecule has 1 saturated heterocycles. The number of carbonyl (C=O) groups excluding carboxylic acids is 2. The Hall–Kier alpha value is -1.11. The van der Waals surface area contributed by atoms with E-state index in [4.69, 9.17) is 4.74 Å². The van der Waals surface area contributed by atoms with Crippen LogP contribution in [0.5, 0.6) is 0 Å². The fourth-order valence-electron chi connectivity index (χ4n) is 1.97. The van der Waals surface area contributed by atoms with Gasteiger partial charge in [0.2, 0.25) is 5.91 Å². The number of nitrogens with zero attached hydrogens (tertiary/aromatic N) is 1. The van der Waals surface area contributed by atoms with Crippen LogP contribution in [0.1, 0.15) is 26.2 Å². The molecule has 1 aliphatic heterocycles. The molecule has 18 heavy (non-hydrogen) atoms. The zero-order chi connectivity index (χ0) is 13.8. The molecule has 1 atom stereocenters. The molecule has 0 aromatic heterocycles. The summed E-state index contributed by atoms with van der Waals surface area (Å²) in [7, 11) is -3.16. The van der Waals surface area contributed by atoms with Gasteiger partial charge in [0.15, 0.2) is 0 Å². The summed E-state index contributed by atoms with van der Waals surface area (Å²) in [6, 6.07) is -0.544. The number of carbonyl (C=O) groups is 2. The number of esters is 1. The minimum absolute atomic E-state index is 0.0747. The topological polar surface area (TPSA) is 80.8 Å². The van der Waals surface area contributed by atoms with E-state index in [2.05, 4.69) is 0 Å². The second kappa shape index (κ2) is 6.17. The quantitative estimate of drug-likeness (QED) is 0.659. The molecule has 0 N–H and O–H groups in total. The minimum atomic E-state index is -3.16. The Balaban J connectivity index is 2.58. The Morgan fingerprint density at radius 3 is 2.61 bits per heavy atom. The molecule has 0 bridgehead atoms. The van der Waals surface area contributed by atoms with Crippen LogP contribution >= 0.6 is 0 Å². The monoisotopic (exact) mass is 277 g/mol. The van der Waals surface area contributed by atoms with E-state index in [1.807, 2.05) is 0 Å². The summed E-state index contributed by atoms with van der Waals surface area (Å²) in [6.07, 6.45) is 2.35. The van der Waals surface area contributed by atoms with Gasteiger partial charge in [-0.3, -0.25) is 4.79 Å². The van der Waals surface area contributed by atoms with Crippen LogP contribution in [0, 0.1) is 0 Å². The van der Waals surface area contributed by atoms with Gasteiger partial charge in [0.25, 0.3) is 0 Å². The van der Waals surface area contributed by atoms with Crippen molar-refractivity contribution in [3.8, 4) is 0 Å². The molecule has 1 fully saturated rings. The lowest BCUT2D eigenvalue weighted by molar-refractivity contribution is -0.152. The number of amides is 1. The number of rotatable bonds is 5. The average molecular weight is 277 g/mol. The Morgan fingerprint density at radius 1 is 1.39 bits per heavy atom. The molecular weight excluding hydrogens is 258 g/mol. The number of hydrogen-bond acceptors (Lipinski definition) is 5. The van der Waals surface area contributed by atoms with Gasteiger partial charge in [-0.1, -0.05) is 0 Å². The van der Waals surface area contributed by atoms with Gasteiger partial charge in [-0.25, -0.2) is 13.2 Å². The van der Waals surface area contributed by atoms with Crippen molar-refractivity contribution >= 4 is 21.7 Å². The van der Waals surface area contributed by atoms with E-state index in [1.165, 1.54) is 4.90 Å². The lowest BCUT2D eigenvalue weighted by Gasteiger charge is -2.22. The summed E-state index contributed by atoms with van der Waals surface area (Å²) < 4.78 is 26.9. The van der Waals surface area contributed by atoms with E-state index in [-0.39, 0.29) is 24.7 Å². The highest BCUT2D eigenvalue weighted by Gasteiger charge is 2.34. The number of ether oxygens (including phenoxy) is 1. The molecule has 0 aromatic carbocycles. The molecule has 1 rings (SSSR count). The van der Waals surface area contributed by atoms with E-state index in [0.29, 0.717) is 13.0 Å². The SMILES string of the molecule is CCOC(=O)C1CCCN1C(=O)CCS(C)(=O)=O. The normalized spacial score (nSPS) is 19.9. The fourth-order valence-corrected chi connectivity index (χ4v) is 2.51. The van der Waals surface area contributed by atoms with Crippen molar-refractivity contribution in [2.45, 2.75) is 32.2 Å². The van der Waals surface area contributed by atoms with Crippen molar-refractivity contribution in [3.63, 3.8) is 0 Å². The van der Waals surface area contributed by atoms with Crippen molar-refractivity contribution in [1.82, 2.24) is 4.90 Å². The van der Waals surface area contributed by atoms with Gasteiger partial charge in [-0.15, -0.1) is 0 Å². The first-order valence-corrected chi connectivity index (χ1v) is 8.05. The first-order chi connectivity index (χ1) is 8.35. The zero-order valence-corrected chi connectivity index (χ0v) is 11.5. The molecule has 6 nitrogen and oxygen atoms in total. The van der Waals surface area contributed by atoms with Crippen LogP contribution in [0.4, 0.5) is 0 Å². The Morgan fingerprint density at radius 2 is 2.06 bits per heavy atom. The molecule has 1 aliphatic rings. The van der Waals surface area contributed by atoms with Crippen LogP contribution < -0.4 is 0 Å². The predicted molar refractivity (Wildman–Crippen MR) is 65.7 cm³/mol. The summed E-state index contributed by atoms with van der Waals surface area (Å²) in [5.41, 5.74) is 0. The highest BCUT2D eigenvalue weighted by Crippen LogP contribution is 2.19. The molecule has 0 aliphatic carbocycles. The minimum Gasteiger partial charge on any atom is -0.464 e. The molecule has 1 amide bonds. The van der Waals surface area contributed by atoms with E-state index >= 15 is 0 Å². The van der Waals surface area contributed by atoms with Crippen LogP contribution in [0.15, 0.2) is 0 Å². The standard InChI is InChI=1S/C11H19NO5S/c1-3-17-11(14)9-5-4-7-12(9)10(13)6-8-18(2,15)16/h9H,3-8H2,1-2H3. The largest absolute Gasteiger partial charge is 0.464 e. The van der Waals surface area contributed by atoms with Crippen LogP contribution in [-0.4, -0.2) is 56.4 Å². The summed E-state index contributed by atoms with van der Waals surface area (Å²) >= 11 is 0. The molecule has 0 aromatic rings. The second-order valence-electron chi connectivity index (χ2n) is 4.38.